The molecule has 98 valence electrons. The second-order valence-electron chi connectivity index (χ2n) is 6.81. The molecule has 17 heavy (non-hydrogen) atoms. The van der Waals surface area contributed by atoms with Crippen LogP contribution in [0.25, 0.3) is 0 Å². The lowest BCUT2D eigenvalue weighted by Gasteiger charge is -2.39. The minimum atomic E-state index is 0.0417. The third kappa shape index (κ3) is 2.65. The van der Waals surface area contributed by atoms with Crippen LogP contribution in [0.2, 0.25) is 0 Å². The summed E-state index contributed by atoms with van der Waals surface area (Å²) in [4.78, 5) is 14.4. The maximum Gasteiger partial charge on any atom is 0.241 e. The van der Waals surface area contributed by atoms with E-state index >= 15 is 0 Å². The summed E-state index contributed by atoms with van der Waals surface area (Å²) in [5.74, 6) is 0.715. The first-order chi connectivity index (χ1) is 7.91. The fourth-order valence-corrected chi connectivity index (χ4v) is 3.29. The SMILES string of the molecule is CC(C)C1NCN(C2CCCC(C)(C)C2)C1=O. The van der Waals surface area contributed by atoms with Crippen LogP contribution >= 0.6 is 0 Å². The summed E-state index contributed by atoms with van der Waals surface area (Å²) in [6, 6.07) is 0.502. The average Bonchev–Trinajstić information content (AvgIpc) is 2.58. The largest absolute Gasteiger partial charge is 0.326 e. The summed E-state index contributed by atoms with van der Waals surface area (Å²) >= 11 is 0. The van der Waals surface area contributed by atoms with Crippen LogP contribution in [-0.2, 0) is 4.79 Å². The van der Waals surface area contributed by atoms with Gasteiger partial charge in [0.25, 0.3) is 0 Å². The number of rotatable bonds is 2. The predicted molar refractivity (Wildman–Crippen MR) is 69.5 cm³/mol. The number of carbonyl (C=O) groups excluding carboxylic acids is 1. The molecule has 1 heterocycles. The van der Waals surface area contributed by atoms with Crippen molar-refractivity contribution in [2.24, 2.45) is 11.3 Å². The van der Waals surface area contributed by atoms with Crippen LogP contribution in [0.15, 0.2) is 0 Å². The standard InChI is InChI=1S/C14H26N2O/c1-10(2)12-13(17)16(9-15-12)11-6-5-7-14(3,4)8-11/h10-12,15H,5-9H2,1-4H3. The van der Waals surface area contributed by atoms with E-state index in [1.54, 1.807) is 0 Å². The van der Waals surface area contributed by atoms with E-state index < -0.39 is 0 Å². The van der Waals surface area contributed by atoms with Crippen molar-refractivity contribution in [3.8, 4) is 0 Å². The molecule has 1 aliphatic heterocycles. The molecule has 1 amide bonds. The van der Waals surface area contributed by atoms with Gasteiger partial charge in [-0.15, -0.1) is 0 Å². The van der Waals surface area contributed by atoms with Crippen LogP contribution in [0.3, 0.4) is 0 Å². The van der Waals surface area contributed by atoms with Crippen LogP contribution in [0.5, 0.6) is 0 Å². The van der Waals surface area contributed by atoms with E-state index in [2.05, 4.69) is 37.9 Å². The van der Waals surface area contributed by atoms with E-state index in [-0.39, 0.29) is 6.04 Å². The molecule has 3 nitrogen and oxygen atoms in total. The molecule has 2 aliphatic rings. The van der Waals surface area contributed by atoms with Crippen molar-refractivity contribution in [2.45, 2.75) is 65.5 Å². The van der Waals surface area contributed by atoms with Gasteiger partial charge < -0.3 is 4.90 Å². The number of carbonyl (C=O) groups is 1. The Morgan fingerprint density at radius 2 is 2.12 bits per heavy atom. The summed E-state index contributed by atoms with van der Waals surface area (Å²) in [7, 11) is 0. The lowest BCUT2D eigenvalue weighted by molar-refractivity contribution is -0.132. The topological polar surface area (TPSA) is 32.3 Å². The Morgan fingerprint density at radius 3 is 2.65 bits per heavy atom. The zero-order valence-electron chi connectivity index (χ0n) is 11.6. The van der Waals surface area contributed by atoms with Gasteiger partial charge in [-0.05, 0) is 30.6 Å². The molecule has 2 atom stereocenters. The molecule has 0 bridgehead atoms. The Kier molecular flexibility index (Phi) is 3.48. The second-order valence-corrected chi connectivity index (χ2v) is 6.81. The quantitative estimate of drug-likeness (QED) is 0.801. The highest BCUT2D eigenvalue weighted by atomic mass is 16.2. The van der Waals surface area contributed by atoms with E-state index in [0.29, 0.717) is 23.3 Å². The molecule has 3 heteroatoms. The van der Waals surface area contributed by atoms with E-state index in [9.17, 15) is 4.79 Å². The van der Waals surface area contributed by atoms with Crippen molar-refractivity contribution in [3.63, 3.8) is 0 Å². The summed E-state index contributed by atoms with van der Waals surface area (Å²) in [6.07, 6.45) is 4.90. The fourth-order valence-electron chi connectivity index (χ4n) is 3.29. The summed E-state index contributed by atoms with van der Waals surface area (Å²) in [5, 5.41) is 3.36. The first-order valence-electron chi connectivity index (χ1n) is 6.94. The summed E-state index contributed by atoms with van der Waals surface area (Å²) < 4.78 is 0. The Balaban J connectivity index is 2.02. The minimum absolute atomic E-state index is 0.0417. The highest BCUT2D eigenvalue weighted by molar-refractivity contribution is 5.84. The maximum atomic E-state index is 12.3. The third-order valence-corrected chi connectivity index (χ3v) is 4.32. The number of amides is 1. The Bertz CT molecular complexity index is 299. The summed E-state index contributed by atoms with van der Waals surface area (Å²) in [5.41, 5.74) is 0.402. The van der Waals surface area contributed by atoms with Crippen LogP contribution in [0.1, 0.15) is 53.4 Å². The van der Waals surface area contributed by atoms with Crippen molar-refractivity contribution in [2.75, 3.05) is 6.67 Å². The molecule has 0 aromatic heterocycles. The summed E-state index contributed by atoms with van der Waals surface area (Å²) in [6.45, 7) is 9.64. The number of nitrogens with zero attached hydrogens (tertiary/aromatic N) is 1. The maximum absolute atomic E-state index is 12.3. The Morgan fingerprint density at radius 1 is 1.41 bits per heavy atom. The molecular formula is C14H26N2O. The van der Waals surface area contributed by atoms with Crippen LogP contribution < -0.4 is 5.32 Å². The highest BCUT2D eigenvalue weighted by Crippen LogP contribution is 2.38. The van der Waals surface area contributed by atoms with Gasteiger partial charge in [0, 0.05) is 6.04 Å². The average molecular weight is 238 g/mol. The van der Waals surface area contributed by atoms with Crippen molar-refractivity contribution in [1.82, 2.24) is 10.2 Å². The van der Waals surface area contributed by atoms with Crippen molar-refractivity contribution in [3.05, 3.63) is 0 Å². The number of nitrogens with one attached hydrogen (secondary N) is 1. The molecule has 1 saturated heterocycles. The van der Waals surface area contributed by atoms with E-state index in [0.717, 1.165) is 13.1 Å². The molecular weight excluding hydrogens is 212 g/mol. The van der Waals surface area contributed by atoms with E-state index in [1.165, 1.54) is 19.3 Å². The first-order valence-corrected chi connectivity index (χ1v) is 6.94. The van der Waals surface area contributed by atoms with Gasteiger partial charge in [0.2, 0.25) is 5.91 Å². The van der Waals surface area contributed by atoms with Gasteiger partial charge in [0.15, 0.2) is 0 Å². The predicted octanol–water partition coefficient (Wildman–Crippen LogP) is 2.37. The van der Waals surface area contributed by atoms with Gasteiger partial charge in [0.05, 0.1) is 12.7 Å². The third-order valence-electron chi connectivity index (χ3n) is 4.32. The van der Waals surface area contributed by atoms with Crippen molar-refractivity contribution in [1.29, 1.82) is 0 Å². The number of hydrogen-bond acceptors (Lipinski definition) is 2. The molecule has 0 aromatic rings. The molecule has 2 fully saturated rings. The Hall–Kier alpha value is -0.570. The van der Waals surface area contributed by atoms with Crippen LogP contribution in [-0.4, -0.2) is 29.6 Å². The molecule has 1 N–H and O–H groups in total. The second kappa shape index (κ2) is 4.60. The van der Waals surface area contributed by atoms with Crippen LogP contribution in [0, 0.1) is 11.3 Å². The monoisotopic (exact) mass is 238 g/mol. The van der Waals surface area contributed by atoms with Crippen LogP contribution in [0.4, 0.5) is 0 Å². The lowest BCUT2D eigenvalue weighted by atomic mass is 9.74. The zero-order chi connectivity index (χ0) is 12.6. The van der Waals surface area contributed by atoms with Gasteiger partial charge >= 0.3 is 0 Å². The Labute approximate surface area is 105 Å². The van der Waals surface area contributed by atoms with Gasteiger partial charge in [-0.1, -0.05) is 34.1 Å². The molecule has 2 rings (SSSR count). The number of hydrogen-bond donors (Lipinski definition) is 1. The molecule has 1 saturated carbocycles. The van der Waals surface area contributed by atoms with Gasteiger partial charge in [0.1, 0.15) is 0 Å². The van der Waals surface area contributed by atoms with Gasteiger partial charge in [-0.25, -0.2) is 0 Å². The molecule has 2 unspecified atom stereocenters. The fraction of sp³-hybridized carbons (Fsp3) is 0.929. The van der Waals surface area contributed by atoms with Crippen molar-refractivity contribution >= 4 is 5.91 Å². The highest BCUT2D eigenvalue weighted by Gasteiger charge is 2.40. The molecule has 0 spiro atoms. The van der Waals surface area contributed by atoms with E-state index in [1.807, 2.05) is 0 Å². The normalized spacial score (nSPS) is 33.5. The minimum Gasteiger partial charge on any atom is -0.326 e. The smallest absolute Gasteiger partial charge is 0.241 e. The van der Waals surface area contributed by atoms with E-state index in [4.69, 9.17) is 0 Å². The molecule has 0 aromatic carbocycles. The zero-order valence-corrected chi connectivity index (χ0v) is 11.6. The molecule has 1 aliphatic carbocycles. The first kappa shape index (κ1) is 12.9. The van der Waals surface area contributed by atoms with Crippen molar-refractivity contribution < 1.29 is 4.79 Å². The lowest BCUT2D eigenvalue weighted by Crippen LogP contribution is -2.43. The molecule has 0 radical (unpaired) electrons. The van der Waals surface area contributed by atoms with Gasteiger partial charge in [-0.3, -0.25) is 10.1 Å². The van der Waals surface area contributed by atoms with Gasteiger partial charge in [-0.2, -0.15) is 0 Å².